The Morgan fingerprint density at radius 2 is 1.80 bits per heavy atom. The van der Waals surface area contributed by atoms with Crippen LogP contribution in [0.25, 0.3) is 10.8 Å². The van der Waals surface area contributed by atoms with Crippen molar-refractivity contribution in [2.75, 3.05) is 17.2 Å². The maximum Gasteiger partial charge on any atom is 0.255 e. The number of anilines is 2. The second-order valence-corrected chi connectivity index (χ2v) is 11.4. The van der Waals surface area contributed by atoms with Crippen molar-refractivity contribution in [1.29, 1.82) is 0 Å². The molecule has 3 aromatic carbocycles. The highest BCUT2D eigenvalue weighted by atomic mass is 19.1. The standard InChI is InChI=1S/C33H37FN4O3/c1-4-33(2,3)21-36-32-35-17-16-30(38-32)41-29-15-14-28(26-12-8-9-13-27(26)29)37-31(39)22-18-23(34)20-25(19-22)40-24-10-6-5-7-11-24/h8-9,12-20,24H,4-7,10-11,21H2,1-3H3,(H,37,39)(H,35,36,38). The van der Waals surface area contributed by atoms with Gasteiger partial charge in [-0.05, 0) is 61.8 Å². The minimum absolute atomic E-state index is 0.0582. The molecule has 4 aromatic rings. The molecule has 1 amide bonds. The molecule has 0 saturated heterocycles. The summed E-state index contributed by atoms with van der Waals surface area (Å²) in [5.41, 5.74) is 0.905. The molecule has 1 fully saturated rings. The van der Waals surface area contributed by atoms with Crippen molar-refractivity contribution in [1.82, 2.24) is 9.97 Å². The number of carbonyl (C=O) groups is 1. The summed E-state index contributed by atoms with van der Waals surface area (Å²) in [6, 6.07) is 17.1. The smallest absolute Gasteiger partial charge is 0.255 e. The largest absolute Gasteiger partial charge is 0.490 e. The van der Waals surface area contributed by atoms with Gasteiger partial charge in [0.1, 0.15) is 17.3 Å². The molecule has 41 heavy (non-hydrogen) atoms. The Morgan fingerprint density at radius 3 is 2.59 bits per heavy atom. The highest BCUT2D eigenvalue weighted by Crippen LogP contribution is 2.35. The van der Waals surface area contributed by atoms with Crippen LogP contribution >= 0.6 is 0 Å². The molecule has 7 nitrogen and oxygen atoms in total. The molecule has 1 saturated carbocycles. The van der Waals surface area contributed by atoms with Crippen molar-refractivity contribution in [2.45, 2.75) is 65.4 Å². The van der Waals surface area contributed by atoms with Gasteiger partial charge < -0.3 is 20.1 Å². The first-order chi connectivity index (χ1) is 19.8. The van der Waals surface area contributed by atoms with E-state index in [9.17, 15) is 9.18 Å². The zero-order chi connectivity index (χ0) is 28.8. The van der Waals surface area contributed by atoms with Crippen molar-refractivity contribution >= 4 is 28.3 Å². The second kappa shape index (κ2) is 12.5. The van der Waals surface area contributed by atoms with Gasteiger partial charge in [0.2, 0.25) is 11.8 Å². The minimum Gasteiger partial charge on any atom is -0.490 e. The molecular weight excluding hydrogens is 519 g/mol. The third kappa shape index (κ3) is 7.31. The number of hydrogen-bond donors (Lipinski definition) is 2. The Balaban J connectivity index is 1.33. The van der Waals surface area contributed by atoms with Gasteiger partial charge in [-0.2, -0.15) is 4.98 Å². The van der Waals surface area contributed by atoms with E-state index >= 15 is 0 Å². The average Bonchev–Trinajstić information content (AvgIpc) is 2.98. The number of aromatic nitrogens is 2. The average molecular weight is 557 g/mol. The summed E-state index contributed by atoms with van der Waals surface area (Å²) < 4.78 is 26.6. The van der Waals surface area contributed by atoms with E-state index in [1.54, 1.807) is 30.5 Å². The molecule has 0 aliphatic heterocycles. The van der Waals surface area contributed by atoms with Crippen molar-refractivity contribution in [3.8, 4) is 17.4 Å². The summed E-state index contributed by atoms with van der Waals surface area (Å²) >= 11 is 0. The van der Waals surface area contributed by atoms with Crippen LogP contribution in [0.3, 0.4) is 0 Å². The van der Waals surface area contributed by atoms with Gasteiger partial charge in [-0.15, -0.1) is 0 Å². The number of amides is 1. The molecule has 1 aliphatic rings. The fourth-order valence-corrected chi connectivity index (χ4v) is 4.84. The van der Waals surface area contributed by atoms with Gasteiger partial charge in [0.15, 0.2) is 0 Å². The summed E-state index contributed by atoms with van der Waals surface area (Å²) in [5.74, 6) is 0.953. The Hall–Kier alpha value is -4.20. The number of carbonyl (C=O) groups excluding carboxylic acids is 1. The Morgan fingerprint density at radius 1 is 1.02 bits per heavy atom. The SMILES string of the molecule is CCC(C)(C)CNc1nccc(Oc2ccc(NC(=O)c3cc(F)cc(OC4CCCCC4)c3)c3ccccc23)n1. The number of ether oxygens (including phenoxy) is 2. The van der Waals surface area contributed by atoms with E-state index in [4.69, 9.17) is 9.47 Å². The quantitative estimate of drug-likeness (QED) is 0.204. The van der Waals surface area contributed by atoms with Gasteiger partial charge in [-0.25, -0.2) is 9.37 Å². The van der Waals surface area contributed by atoms with Crippen LogP contribution in [-0.4, -0.2) is 28.5 Å². The number of fused-ring (bicyclic) bond motifs is 1. The summed E-state index contributed by atoms with van der Waals surface area (Å²) in [7, 11) is 0. The maximum atomic E-state index is 14.5. The normalized spacial score (nSPS) is 14.0. The molecule has 0 spiro atoms. The molecule has 0 atom stereocenters. The molecule has 0 unspecified atom stereocenters. The maximum absolute atomic E-state index is 14.5. The number of rotatable bonds is 10. The summed E-state index contributed by atoms with van der Waals surface area (Å²) in [5, 5.41) is 7.81. The first kappa shape index (κ1) is 28.3. The molecule has 1 aromatic heterocycles. The fraction of sp³-hybridized carbons (Fsp3) is 0.364. The van der Waals surface area contributed by atoms with Gasteiger partial charge >= 0.3 is 0 Å². The third-order valence-electron chi connectivity index (χ3n) is 7.65. The fourth-order valence-electron chi connectivity index (χ4n) is 4.84. The first-order valence-corrected chi connectivity index (χ1v) is 14.3. The topological polar surface area (TPSA) is 85.4 Å². The summed E-state index contributed by atoms with van der Waals surface area (Å²) in [4.78, 5) is 22.1. The van der Waals surface area contributed by atoms with Crippen molar-refractivity contribution < 1.29 is 18.7 Å². The predicted octanol–water partition coefficient (Wildman–Crippen LogP) is 8.37. The molecule has 5 rings (SSSR count). The molecule has 8 heteroatoms. The van der Waals surface area contributed by atoms with Gasteiger partial charge in [0.05, 0.1) is 6.10 Å². The molecule has 214 valence electrons. The lowest BCUT2D eigenvalue weighted by Gasteiger charge is -2.23. The highest BCUT2D eigenvalue weighted by Gasteiger charge is 2.19. The monoisotopic (exact) mass is 556 g/mol. The molecule has 2 N–H and O–H groups in total. The van der Waals surface area contributed by atoms with Crippen molar-refractivity contribution in [3.63, 3.8) is 0 Å². The number of hydrogen-bond acceptors (Lipinski definition) is 6. The van der Waals surface area contributed by atoms with E-state index in [-0.39, 0.29) is 17.1 Å². The number of benzene rings is 3. The Labute approximate surface area is 240 Å². The van der Waals surface area contributed by atoms with E-state index in [2.05, 4.69) is 41.4 Å². The first-order valence-electron chi connectivity index (χ1n) is 14.3. The van der Waals surface area contributed by atoms with E-state index in [0.29, 0.717) is 29.0 Å². The lowest BCUT2D eigenvalue weighted by molar-refractivity contribution is 0.102. The molecule has 1 aliphatic carbocycles. The van der Waals surface area contributed by atoms with Gasteiger partial charge in [-0.3, -0.25) is 4.79 Å². The van der Waals surface area contributed by atoms with Gasteiger partial charge in [0, 0.05) is 46.9 Å². The van der Waals surface area contributed by atoms with Crippen LogP contribution in [0, 0.1) is 11.2 Å². The number of nitrogens with one attached hydrogen (secondary N) is 2. The van der Waals surface area contributed by atoms with Gasteiger partial charge in [0.25, 0.3) is 5.91 Å². The van der Waals surface area contributed by atoms with Gasteiger partial charge in [-0.1, -0.05) is 51.5 Å². The van der Waals surface area contributed by atoms with Crippen LogP contribution in [0.1, 0.15) is 69.7 Å². The summed E-state index contributed by atoms with van der Waals surface area (Å²) in [6.45, 7) is 7.27. The molecular formula is C33H37FN4O3. The van der Waals surface area contributed by atoms with E-state index in [1.807, 2.05) is 24.3 Å². The molecule has 0 bridgehead atoms. The zero-order valence-corrected chi connectivity index (χ0v) is 23.9. The Bertz CT molecular complexity index is 1520. The van der Waals surface area contributed by atoms with Crippen molar-refractivity contribution in [2.24, 2.45) is 5.41 Å². The molecule has 0 radical (unpaired) electrons. The second-order valence-electron chi connectivity index (χ2n) is 11.4. The predicted molar refractivity (Wildman–Crippen MR) is 160 cm³/mol. The van der Waals surface area contributed by atoms with Crippen LogP contribution in [0.5, 0.6) is 17.4 Å². The van der Waals surface area contributed by atoms with Crippen LogP contribution in [-0.2, 0) is 0 Å². The third-order valence-corrected chi connectivity index (χ3v) is 7.65. The zero-order valence-electron chi connectivity index (χ0n) is 23.9. The van der Waals surface area contributed by atoms with E-state index in [1.165, 1.54) is 18.6 Å². The van der Waals surface area contributed by atoms with Crippen LogP contribution < -0.4 is 20.1 Å². The number of halogens is 1. The lowest BCUT2D eigenvalue weighted by Crippen LogP contribution is -2.22. The lowest BCUT2D eigenvalue weighted by atomic mass is 9.90. The van der Waals surface area contributed by atoms with Crippen LogP contribution in [0.15, 0.2) is 66.9 Å². The van der Waals surface area contributed by atoms with Crippen molar-refractivity contribution in [3.05, 3.63) is 78.2 Å². The Kier molecular flexibility index (Phi) is 8.67. The number of nitrogens with zero attached hydrogens (tertiary/aromatic N) is 2. The van der Waals surface area contributed by atoms with E-state index in [0.717, 1.165) is 49.4 Å². The van der Waals surface area contributed by atoms with Crippen LogP contribution in [0.2, 0.25) is 0 Å². The van der Waals surface area contributed by atoms with Crippen LogP contribution in [0.4, 0.5) is 16.0 Å². The molecule has 1 heterocycles. The summed E-state index contributed by atoms with van der Waals surface area (Å²) in [6.07, 6.45) is 8.04. The van der Waals surface area contributed by atoms with E-state index < -0.39 is 11.7 Å². The minimum atomic E-state index is -0.506. The highest BCUT2D eigenvalue weighted by molar-refractivity contribution is 6.10.